The van der Waals surface area contributed by atoms with E-state index in [1.54, 1.807) is 18.2 Å². The van der Waals surface area contributed by atoms with Crippen LogP contribution in [0.5, 0.6) is 5.75 Å². The number of rotatable bonds is 3. The van der Waals surface area contributed by atoms with Gasteiger partial charge in [-0.05, 0) is 37.8 Å². The molecule has 2 aliphatic rings. The molecule has 1 aromatic rings. The Bertz CT molecular complexity index is 476. The van der Waals surface area contributed by atoms with Crippen molar-refractivity contribution in [1.82, 2.24) is 4.90 Å². The van der Waals surface area contributed by atoms with Crippen LogP contribution >= 0.6 is 0 Å². The van der Waals surface area contributed by atoms with Gasteiger partial charge < -0.3 is 14.7 Å². The fourth-order valence-corrected chi connectivity index (χ4v) is 3.73. The fourth-order valence-electron chi connectivity index (χ4n) is 3.73. The molecular weight excluding hydrogens is 281 g/mol. The molecule has 22 heavy (non-hydrogen) atoms. The Labute approximate surface area is 132 Å². The van der Waals surface area contributed by atoms with Crippen LogP contribution in [0.15, 0.2) is 24.3 Å². The molecule has 2 fully saturated rings. The zero-order valence-electron chi connectivity index (χ0n) is 13.1. The first-order chi connectivity index (χ1) is 10.7. The maximum atomic E-state index is 13.7. The van der Waals surface area contributed by atoms with Crippen LogP contribution in [0.1, 0.15) is 44.9 Å². The zero-order chi connectivity index (χ0) is 15.4. The van der Waals surface area contributed by atoms with E-state index in [-0.39, 0.29) is 17.7 Å². The number of aliphatic hydroxyl groups excluding tert-OH is 1. The van der Waals surface area contributed by atoms with Gasteiger partial charge >= 0.3 is 0 Å². The van der Waals surface area contributed by atoms with Gasteiger partial charge in [0.1, 0.15) is 6.10 Å². The molecule has 1 saturated heterocycles. The van der Waals surface area contributed by atoms with Gasteiger partial charge in [0.2, 0.25) is 0 Å². The molecule has 2 atom stereocenters. The number of para-hydroxylation sites is 1. The third kappa shape index (κ3) is 3.79. The smallest absolute Gasteiger partial charge is 0.165 e. The summed E-state index contributed by atoms with van der Waals surface area (Å²) in [5, 5.41) is 10.3. The molecule has 0 bridgehead atoms. The SMILES string of the molecule is O[C@H]1CCN(C2CCCCC2)CC[C@@H]1Oc1ccccc1F. The van der Waals surface area contributed by atoms with Crippen LogP contribution in [0.25, 0.3) is 0 Å². The lowest BCUT2D eigenvalue weighted by molar-refractivity contribution is 0.0327. The normalized spacial score (nSPS) is 28.3. The summed E-state index contributed by atoms with van der Waals surface area (Å²) in [5.41, 5.74) is 0. The maximum Gasteiger partial charge on any atom is 0.165 e. The minimum atomic E-state index is -0.520. The summed E-state index contributed by atoms with van der Waals surface area (Å²) in [4.78, 5) is 2.51. The third-order valence-corrected chi connectivity index (χ3v) is 5.05. The van der Waals surface area contributed by atoms with Crippen LogP contribution in [0.2, 0.25) is 0 Å². The van der Waals surface area contributed by atoms with Gasteiger partial charge in [-0.2, -0.15) is 0 Å². The summed E-state index contributed by atoms with van der Waals surface area (Å²) in [5.74, 6) is -0.110. The van der Waals surface area contributed by atoms with E-state index < -0.39 is 6.10 Å². The second-order valence-electron chi connectivity index (χ2n) is 6.56. The average molecular weight is 307 g/mol. The number of benzene rings is 1. The van der Waals surface area contributed by atoms with Crippen molar-refractivity contribution >= 4 is 0 Å². The Kier molecular flexibility index (Phi) is 5.32. The summed E-state index contributed by atoms with van der Waals surface area (Å²) in [7, 11) is 0. The quantitative estimate of drug-likeness (QED) is 0.929. The Balaban J connectivity index is 1.60. The fraction of sp³-hybridized carbons (Fsp3) is 0.667. The predicted octanol–water partition coefficient (Wildman–Crippen LogP) is 3.36. The van der Waals surface area contributed by atoms with Crippen molar-refractivity contribution < 1.29 is 14.2 Å². The molecule has 0 spiro atoms. The van der Waals surface area contributed by atoms with Crippen molar-refractivity contribution in [2.24, 2.45) is 0 Å². The molecule has 1 saturated carbocycles. The third-order valence-electron chi connectivity index (χ3n) is 5.05. The van der Waals surface area contributed by atoms with E-state index in [4.69, 9.17) is 4.74 Å². The van der Waals surface area contributed by atoms with Gasteiger partial charge in [-0.3, -0.25) is 0 Å². The summed E-state index contributed by atoms with van der Waals surface area (Å²) < 4.78 is 19.5. The lowest BCUT2D eigenvalue weighted by atomic mass is 9.94. The highest BCUT2D eigenvalue weighted by molar-refractivity contribution is 5.24. The molecule has 4 heteroatoms. The molecule has 3 nitrogen and oxygen atoms in total. The second kappa shape index (κ2) is 7.42. The van der Waals surface area contributed by atoms with Crippen LogP contribution in [0.4, 0.5) is 4.39 Å². The highest BCUT2D eigenvalue weighted by Crippen LogP contribution is 2.27. The van der Waals surface area contributed by atoms with Crippen LogP contribution < -0.4 is 4.74 Å². The van der Waals surface area contributed by atoms with Gasteiger partial charge in [0.25, 0.3) is 0 Å². The molecule has 3 rings (SSSR count). The maximum absolute atomic E-state index is 13.7. The Morgan fingerprint density at radius 1 is 1.00 bits per heavy atom. The minimum absolute atomic E-state index is 0.248. The number of ether oxygens (including phenoxy) is 1. The number of nitrogens with zero attached hydrogens (tertiary/aromatic N) is 1. The number of hydrogen-bond acceptors (Lipinski definition) is 3. The molecule has 0 aromatic heterocycles. The molecular formula is C18H26FNO2. The number of likely N-dealkylation sites (tertiary alicyclic amines) is 1. The van der Waals surface area contributed by atoms with Crippen LogP contribution in [-0.2, 0) is 0 Å². The summed E-state index contributed by atoms with van der Waals surface area (Å²) in [6.45, 7) is 1.85. The molecule has 1 aromatic carbocycles. The Hall–Kier alpha value is -1.13. The number of halogens is 1. The predicted molar refractivity (Wildman–Crippen MR) is 84.5 cm³/mol. The highest BCUT2D eigenvalue weighted by Gasteiger charge is 2.30. The average Bonchev–Trinajstić information content (AvgIpc) is 2.73. The summed E-state index contributed by atoms with van der Waals surface area (Å²) in [6, 6.07) is 7.10. The Morgan fingerprint density at radius 3 is 2.50 bits per heavy atom. The lowest BCUT2D eigenvalue weighted by Gasteiger charge is -2.33. The van der Waals surface area contributed by atoms with Gasteiger partial charge in [-0.25, -0.2) is 4.39 Å². The first kappa shape index (κ1) is 15.8. The second-order valence-corrected chi connectivity index (χ2v) is 6.56. The first-order valence-electron chi connectivity index (χ1n) is 8.57. The largest absolute Gasteiger partial charge is 0.485 e. The van der Waals surface area contributed by atoms with Crippen LogP contribution in [0, 0.1) is 5.82 Å². The van der Waals surface area contributed by atoms with Crippen molar-refractivity contribution in [3.8, 4) is 5.75 Å². The summed E-state index contributed by atoms with van der Waals surface area (Å²) in [6.07, 6.45) is 7.16. The van der Waals surface area contributed by atoms with Gasteiger partial charge in [-0.1, -0.05) is 31.4 Å². The molecule has 0 unspecified atom stereocenters. The first-order valence-corrected chi connectivity index (χ1v) is 8.57. The Morgan fingerprint density at radius 2 is 1.73 bits per heavy atom. The molecule has 122 valence electrons. The lowest BCUT2D eigenvalue weighted by Crippen LogP contribution is -2.37. The van der Waals surface area contributed by atoms with Crippen molar-refractivity contribution in [1.29, 1.82) is 0 Å². The molecule has 1 aliphatic carbocycles. The molecule has 1 aliphatic heterocycles. The van der Waals surface area contributed by atoms with E-state index in [0.29, 0.717) is 12.5 Å². The van der Waals surface area contributed by atoms with E-state index in [1.165, 1.54) is 38.2 Å². The van der Waals surface area contributed by atoms with Crippen molar-refractivity contribution in [3.63, 3.8) is 0 Å². The van der Waals surface area contributed by atoms with E-state index in [1.807, 2.05) is 0 Å². The van der Waals surface area contributed by atoms with E-state index in [2.05, 4.69) is 4.90 Å². The van der Waals surface area contributed by atoms with Gasteiger partial charge in [0, 0.05) is 19.1 Å². The number of hydrogen-bond donors (Lipinski definition) is 1. The molecule has 0 amide bonds. The van der Waals surface area contributed by atoms with Gasteiger partial charge in [0.05, 0.1) is 6.10 Å². The van der Waals surface area contributed by atoms with E-state index in [0.717, 1.165) is 19.5 Å². The van der Waals surface area contributed by atoms with Crippen LogP contribution in [-0.4, -0.2) is 41.3 Å². The minimum Gasteiger partial charge on any atom is -0.485 e. The summed E-state index contributed by atoms with van der Waals surface area (Å²) >= 11 is 0. The monoisotopic (exact) mass is 307 g/mol. The molecule has 1 heterocycles. The molecule has 0 radical (unpaired) electrons. The highest BCUT2D eigenvalue weighted by atomic mass is 19.1. The van der Waals surface area contributed by atoms with Crippen molar-refractivity contribution in [3.05, 3.63) is 30.1 Å². The molecule has 1 N–H and O–H groups in total. The van der Waals surface area contributed by atoms with Crippen molar-refractivity contribution in [2.45, 2.75) is 63.2 Å². The van der Waals surface area contributed by atoms with Gasteiger partial charge in [-0.15, -0.1) is 0 Å². The van der Waals surface area contributed by atoms with E-state index >= 15 is 0 Å². The van der Waals surface area contributed by atoms with Crippen molar-refractivity contribution in [2.75, 3.05) is 13.1 Å². The van der Waals surface area contributed by atoms with E-state index in [9.17, 15) is 9.50 Å². The van der Waals surface area contributed by atoms with Crippen LogP contribution in [0.3, 0.4) is 0 Å². The topological polar surface area (TPSA) is 32.7 Å². The zero-order valence-corrected chi connectivity index (χ0v) is 13.1. The number of aliphatic hydroxyl groups is 1. The van der Waals surface area contributed by atoms with Gasteiger partial charge in [0.15, 0.2) is 11.6 Å². The standard InChI is InChI=1S/C18H26FNO2/c19-15-8-4-5-9-17(15)22-18-11-13-20(12-10-16(18)21)14-6-2-1-3-7-14/h4-5,8-9,14,16,18,21H,1-3,6-7,10-13H2/t16-,18-/m0/s1.